The minimum Gasteiger partial charge on any atom is -0.392 e. The summed E-state index contributed by atoms with van der Waals surface area (Å²) >= 11 is 1.79. The molecule has 1 fully saturated rings. The molecule has 2 N–H and O–H groups in total. The number of carbonyl (C=O) groups is 1. The van der Waals surface area contributed by atoms with Crippen LogP contribution in [0.5, 0.6) is 0 Å². The van der Waals surface area contributed by atoms with Crippen LogP contribution in [0.25, 0.3) is 11.1 Å². The van der Waals surface area contributed by atoms with Gasteiger partial charge in [0.05, 0.1) is 18.8 Å². The second kappa shape index (κ2) is 13.1. The molecular formula is C33H33NO4S. The lowest BCUT2D eigenvalue weighted by Gasteiger charge is -2.36. The Hall–Kier alpha value is -3.42. The first-order valence-corrected chi connectivity index (χ1v) is 14.2. The van der Waals surface area contributed by atoms with E-state index in [0.29, 0.717) is 6.54 Å². The van der Waals surface area contributed by atoms with Crippen molar-refractivity contribution in [3.63, 3.8) is 0 Å². The molecule has 200 valence electrons. The van der Waals surface area contributed by atoms with E-state index in [2.05, 4.69) is 59.9 Å². The van der Waals surface area contributed by atoms with Crippen molar-refractivity contribution in [1.29, 1.82) is 0 Å². The summed E-state index contributed by atoms with van der Waals surface area (Å²) in [6.45, 7) is 2.04. The summed E-state index contributed by atoms with van der Waals surface area (Å²) in [6.07, 6.45) is 0.153. The molecule has 1 saturated heterocycles. The molecule has 1 aliphatic rings. The highest BCUT2D eigenvalue weighted by atomic mass is 32.2. The molecule has 0 bridgehead atoms. The van der Waals surface area contributed by atoms with Crippen LogP contribution in [0.15, 0.2) is 108 Å². The number of thioether (sulfide) groups is 1. The molecule has 1 amide bonds. The Bertz CT molecular complexity index is 1360. The lowest BCUT2D eigenvalue weighted by atomic mass is 9.98. The maximum Gasteiger partial charge on any atom is 0.217 e. The number of nitrogens with one attached hydrogen (secondary N) is 1. The number of carbonyl (C=O) groups excluding carboxylic acids is 1. The van der Waals surface area contributed by atoms with Crippen molar-refractivity contribution in [2.75, 3.05) is 5.75 Å². The molecule has 3 atom stereocenters. The van der Waals surface area contributed by atoms with Gasteiger partial charge in [0.15, 0.2) is 6.29 Å². The predicted octanol–water partition coefficient (Wildman–Crippen LogP) is 6.82. The molecule has 6 heteroatoms. The summed E-state index contributed by atoms with van der Waals surface area (Å²) in [4.78, 5) is 12.7. The fraction of sp³-hybridized carbons (Fsp3) is 0.242. The van der Waals surface area contributed by atoms with Gasteiger partial charge in [-0.05, 0) is 39.9 Å². The number of benzene rings is 4. The molecule has 4 aromatic carbocycles. The smallest absolute Gasteiger partial charge is 0.217 e. The van der Waals surface area contributed by atoms with Gasteiger partial charge in [0, 0.05) is 36.1 Å². The van der Waals surface area contributed by atoms with Crippen LogP contribution < -0.4 is 5.32 Å². The summed E-state index contributed by atoms with van der Waals surface area (Å²) in [6, 6.07) is 34.7. The molecule has 39 heavy (non-hydrogen) atoms. The maximum atomic E-state index is 11.4. The molecule has 1 heterocycles. The fourth-order valence-electron chi connectivity index (χ4n) is 4.72. The van der Waals surface area contributed by atoms with Gasteiger partial charge >= 0.3 is 0 Å². The highest BCUT2D eigenvalue weighted by Crippen LogP contribution is 2.40. The zero-order valence-corrected chi connectivity index (χ0v) is 22.8. The molecule has 0 radical (unpaired) electrons. The van der Waals surface area contributed by atoms with E-state index in [0.717, 1.165) is 45.6 Å². The number of ether oxygens (including phenoxy) is 2. The zero-order valence-electron chi connectivity index (χ0n) is 22.0. The lowest BCUT2D eigenvalue weighted by Crippen LogP contribution is -2.31. The van der Waals surface area contributed by atoms with E-state index in [1.165, 1.54) is 11.8 Å². The highest BCUT2D eigenvalue weighted by Gasteiger charge is 2.32. The van der Waals surface area contributed by atoms with E-state index >= 15 is 0 Å². The summed E-state index contributed by atoms with van der Waals surface area (Å²) in [5.74, 6) is 0.774. The van der Waals surface area contributed by atoms with Crippen LogP contribution in [0, 0.1) is 0 Å². The van der Waals surface area contributed by atoms with Gasteiger partial charge in [0.25, 0.3) is 0 Å². The van der Waals surface area contributed by atoms with E-state index in [9.17, 15) is 9.90 Å². The Kier molecular flexibility index (Phi) is 9.12. The van der Waals surface area contributed by atoms with Crippen LogP contribution >= 0.6 is 11.8 Å². The average molecular weight is 540 g/mol. The van der Waals surface area contributed by atoms with Gasteiger partial charge in [-0.2, -0.15) is 0 Å². The topological polar surface area (TPSA) is 67.8 Å². The van der Waals surface area contributed by atoms with Gasteiger partial charge in [0.1, 0.15) is 0 Å². The number of amides is 1. The second-order valence-electron chi connectivity index (χ2n) is 9.66. The molecule has 5 nitrogen and oxygen atoms in total. The number of hydrogen-bond donors (Lipinski definition) is 2. The Balaban J connectivity index is 1.36. The van der Waals surface area contributed by atoms with E-state index in [1.54, 1.807) is 11.8 Å². The van der Waals surface area contributed by atoms with Crippen molar-refractivity contribution in [3.05, 3.63) is 125 Å². The first kappa shape index (κ1) is 27.2. The van der Waals surface area contributed by atoms with Crippen LogP contribution in [-0.2, 0) is 27.4 Å². The molecule has 4 aromatic rings. The Morgan fingerprint density at radius 2 is 1.56 bits per heavy atom. The molecule has 0 aliphatic carbocycles. The number of rotatable bonds is 9. The summed E-state index contributed by atoms with van der Waals surface area (Å²) in [5, 5.41) is 12.3. The van der Waals surface area contributed by atoms with E-state index < -0.39 is 6.29 Å². The van der Waals surface area contributed by atoms with Gasteiger partial charge in [-0.1, -0.05) is 91.0 Å². The number of hydrogen-bond acceptors (Lipinski definition) is 5. The standard InChI is InChI=1S/C33H33NO4S/c1-23(36)34-20-28-7-5-6-10-31(28)25-15-17-27(18-16-25)33-37-29(22-39-30-8-3-2-4-9-30)19-32(38-33)26-13-11-24(21-35)12-14-26/h2-18,29,32-33,35H,19-22H2,1H3,(H,34,36). The highest BCUT2D eigenvalue weighted by molar-refractivity contribution is 7.99. The number of aliphatic hydroxyl groups excluding tert-OH is 1. The van der Waals surface area contributed by atoms with Crippen LogP contribution in [-0.4, -0.2) is 22.9 Å². The van der Waals surface area contributed by atoms with Gasteiger partial charge in [-0.15, -0.1) is 11.8 Å². The van der Waals surface area contributed by atoms with Crippen molar-refractivity contribution in [1.82, 2.24) is 5.32 Å². The van der Waals surface area contributed by atoms with Gasteiger partial charge in [-0.25, -0.2) is 0 Å². The van der Waals surface area contributed by atoms with Gasteiger partial charge in [-0.3, -0.25) is 4.79 Å². The Labute approximate surface area is 234 Å². The van der Waals surface area contributed by atoms with Crippen molar-refractivity contribution in [3.8, 4) is 11.1 Å². The first-order valence-electron chi connectivity index (χ1n) is 13.2. The summed E-state index contributed by atoms with van der Waals surface area (Å²) in [5.41, 5.74) is 6.15. The van der Waals surface area contributed by atoms with Crippen LogP contribution in [0.1, 0.15) is 48.0 Å². The summed E-state index contributed by atoms with van der Waals surface area (Å²) < 4.78 is 13.0. The third kappa shape index (κ3) is 7.16. The van der Waals surface area contributed by atoms with Crippen molar-refractivity contribution in [2.24, 2.45) is 0 Å². The van der Waals surface area contributed by atoms with E-state index in [1.807, 2.05) is 48.5 Å². The maximum absolute atomic E-state index is 11.4. The second-order valence-corrected chi connectivity index (χ2v) is 10.8. The molecule has 0 aromatic heterocycles. The molecular weight excluding hydrogens is 506 g/mol. The third-order valence-corrected chi connectivity index (χ3v) is 7.98. The zero-order chi connectivity index (χ0) is 27.0. The quantitative estimate of drug-likeness (QED) is 0.229. The van der Waals surface area contributed by atoms with E-state index in [-0.39, 0.29) is 24.7 Å². The fourth-order valence-corrected chi connectivity index (χ4v) is 5.67. The lowest BCUT2D eigenvalue weighted by molar-refractivity contribution is -0.245. The Morgan fingerprint density at radius 3 is 2.28 bits per heavy atom. The third-order valence-electron chi connectivity index (χ3n) is 6.83. The van der Waals surface area contributed by atoms with E-state index in [4.69, 9.17) is 9.47 Å². The number of aliphatic hydroxyl groups is 1. The minimum atomic E-state index is -0.494. The van der Waals surface area contributed by atoms with Crippen molar-refractivity contribution in [2.45, 2.75) is 49.9 Å². The SMILES string of the molecule is CC(=O)NCc1ccccc1-c1ccc(C2OC(CSc3ccccc3)CC(c3ccc(CO)cc3)O2)cc1. The van der Waals surface area contributed by atoms with Crippen molar-refractivity contribution >= 4 is 17.7 Å². The predicted molar refractivity (Wildman–Crippen MR) is 155 cm³/mol. The minimum absolute atomic E-state index is 0.00883. The normalized spacial score (nSPS) is 19.0. The van der Waals surface area contributed by atoms with Gasteiger partial charge < -0.3 is 19.9 Å². The molecule has 0 spiro atoms. The van der Waals surface area contributed by atoms with Crippen molar-refractivity contribution < 1.29 is 19.4 Å². The first-order chi connectivity index (χ1) is 19.1. The van der Waals surface area contributed by atoms with Crippen LogP contribution in [0.4, 0.5) is 0 Å². The monoisotopic (exact) mass is 539 g/mol. The largest absolute Gasteiger partial charge is 0.392 e. The van der Waals surface area contributed by atoms with Crippen LogP contribution in [0.3, 0.4) is 0 Å². The molecule has 1 aliphatic heterocycles. The molecule has 3 unspecified atom stereocenters. The van der Waals surface area contributed by atoms with Crippen LogP contribution in [0.2, 0.25) is 0 Å². The molecule has 5 rings (SSSR count). The summed E-state index contributed by atoms with van der Waals surface area (Å²) in [7, 11) is 0. The molecule has 0 saturated carbocycles. The average Bonchev–Trinajstić information content (AvgIpc) is 2.99. The van der Waals surface area contributed by atoms with Gasteiger partial charge in [0.2, 0.25) is 5.91 Å². The Morgan fingerprint density at radius 1 is 0.872 bits per heavy atom.